The lowest BCUT2D eigenvalue weighted by molar-refractivity contribution is -0.154. The predicted molar refractivity (Wildman–Crippen MR) is 76.4 cm³/mol. The summed E-state index contributed by atoms with van der Waals surface area (Å²) < 4.78 is 46.3. The number of alkyl halides is 3. The topological polar surface area (TPSA) is 57.1 Å². The van der Waals surface area contributed by atoms with E-state index in [0.717, 1.165) is 17.0 Å². The molecule has 124 valence electrons. The largest absolute Gasteiger partial charge is 0.487 e. The number of pyridine rings is 1. The Balaban J connectivity index is 1.97. The maximum atomic E-state index is 12.0. The molecule has 0 bridgehead atoms. The van der Waals surface area contributed by atoms with Crippen molar-refractivity contribution in [1.82, 2.24) is 15.2 Å². The Morgan fingerprint density at radius 3 is 2.39 bits per heavy atom. The summed E-state index contributed by atoms with van der Waals surface area (Å²) in [5.74, 6) is 0.507. The maximum absolute atomic E-state index is 12.0. The molecule has 5 nitrogen and oxygen atoms in total. The quantitative estimate of drug-likeness (QED) is 0.843. The molecule has 0 aliphatic carbocycles. The zero-order valence-electron chi connectivity index (χ0n) is 12.9. The van der Waals surface area contributed by atoms with Gasteiger partial charge in [0.2, 0.25) is 5.88 Å². The lowest BCUT2D eigenvalue weighted by Gasteiger charge is -2.11. The molecule has 2 rings (SSSR count). The zero-order chi connectivity index (χ0) is 17.0. The van der Waals surface area contributed by atoms with Gasteiger partial charge in [-0.15, -0.1) is 10.2 Å². The summed E-state index contributed by atoms with van der Waals surface area (Å²) in [6.07, 6.45) is -4.40. The fourth-order valence-electron chi connectivity index (χ4n) is 1.82. The van der Waals surface area contributed by atoms with Gasteiger partial charge in [0.05, 0.1) is 0 Å². The molecule has 0 aliphatic rings. The van der Waals surface area contributed by atoms with Crippen molar-refractivity contribution in [2.24, 2.45) is 0 Å². The van der Waals surface area contributed by atoms with Gasteiger partial charge in [-0.1, -0.05) is 0 Å². The summed E-state index contributed by atoms with van der Waals surface area (Å²) >= 11 is 0. The molecule has 0 radical (unpaired) electrons. The van der Waals surface area contributed by atoms with Gasteiger partial charge in [-0.2, -0.15) is 13.2 Å². The van der Waals surface area contributed by atoms with Gasteiger partial charge in [-0.3, -0.25) is 4.98 Å². The molecule has 0 saturated heterocycles. The minimum Gasteiger partial charge on any atom is -0.487 e. The molecule has 2 heterocycles. The van der Waals surface area contributed by atoms with Crippen LogP contribution in [0.1, 0.15) is 22.6 Å². The van der Waals surface area contributed by atoms with Gasteiger partial charge in [0.1, 0.15) is 18.1 Å². The molecular weight excluding hydrogens is 311 g/mol. The van der Waals surface area contributed by atoms with E-state index in [1.165, 1.54) is 12.1 Å². The van der Waals surface area contributed by atoms with E-state index in [0.29, 0.717) is 11.4 Å². The fourth-order valence-corrected chi connectivity index (χ4v) is 1.82. The van der Waals surface area contributed by atoms with Crippen LogP contribution >= 0.6 is 0 Å². The number of hydrogen-bond acceptors (Lipinski definition) is 5. The van der Waals surface area contributed by atoms with Crippen LogP contribution in [0.3, 0.4) is 0 Å². The van der Waals surface area contributed by atoms with Gasteiger partial charge >= 0.3 is 6.18 Å². The van der Waals surface area contributed by atoms with Crippen molar-refractivity contribution in [3.05, 3.63) is 40.8 Å². The zero-order valence-corrected chi connectivity index (χ0v) is 12.9. The number of halogens is 3. The van der Waals surface area contributed by atoms with E-state index in [-0.39, 0.29) is 12.5 Å². The van der Waals surface area contributed by atoms with Crippen LogP contribution in [-0.2, 0) is 6.61 Å². The van der Waals surface area contributed by atoms with Gasteiger partial charge < -0.3 is 9.47 Å². The summed E-state index contributed by atoms with van der Waals surface area (Å²) in [7, 11) is 0. The Hall–Kier alpha value is -2.38. The van der Waals surface area contributed by atoms with Crippen molar-refractivity contribution >= 4 is 0 Å². The van der Waals surface area contributed by atoms with E-state index in [1.54, 1.807) is 0 Å². The van der Waals surface area contributed by atoms with Crippen LogP contribution in [0.25, 0.3) is 0 Å². The average molecular weight is 327 g/mol. The number of ether oxygens (including phenoxy) is 2. The fraction of sp³-hybridized carbons (Fsp3) is 0.400. The van der Waals surface area contributed by atoms with E-state index >= 15 is 0 Å². The Bertz CT molecular complexity index is 673. The summed E-state index contributed by atoms with van der Waals surface area (Å²) in [6.45, 7) is 4.41. The van der Waals surface area contributed by atoms with Gasteiger partial charge in [0.25, 0.3) is 0 Å². The third kappa shape index (κ3) is 5.08. The molecule has 2 aromatic rings. The van der Waals surface area contributed by atoms with Crippen molar-refractivity contribution < 1.29 is 22.6 Å². The van der Waals surface area contributed by atoms with Crippen LogP contribution in [0.4, 0.5) is 13.2 Å². The normalized spacial score (nSPS) is 11.4. The molecule has 23 heavy (non-hydrogen) atoms. The summed E-state index contributed by atoms with van der Waals surface area (Å²) in [5, 5.41) is 7.37. The first-order valence-electron chi connectivity index (χ1n) is 6.84. The average Bonchev–Trinajstić information content (AvgIpc) is 2.47. The number of nitrogens with zero attached hydrogens (tertiary/aromatic N) is 3. The highest BCUT2D eigenvalue weighted by molar-refractivity contribution is 5.36. The van der Waals surface area contributed by atoms with Crippen LogP contribution in [0.15, 0.2) is 18.2 Å². The monoisotopic (exact) mass is 327 g/mol. The number of rotatable bonds is 5. The number of hydrogen-bond donors (Lipinski definition) is 0. The molecule has 0 fully saturated rings. The van der Waals surface area contributed by atoms with Crippen molar-refractivity contribution in [3.8, 4) is 11.6 Å². The van der Waals surface area contributed by atoms with Crippen LogP contribution in [0, 0.1) is 20.8 Å². The first-order chi connectivity index (χ1) is 10.7. The van der Waals surface area contributed by atoms with Gasteiger partial charge in [-0.25, -0.2) is 0 Å². The third-order valence-electron chi connectivity index (χ3n) is 3.05. The molecule has 0 unspecified atom stereocenters. The number of aromatic nitrogens is 3. The molecule has 0 spiro atoms. The van der Waals surface area contributed by atoms with E-state index in [4.69, 9.17) is 4.74 Å². The second-order valence-corrected chi connectivity index (χ2v) is 5.03. The second-order valence-electron chi connectivity index (χ2n) is 5.03. The standard InChI is InChI=1S/C15H16F3N3O2/c1-9-6-13(10(2)11(3)19-9)22-7-12-4-5-14(21-20-12)23-8-15(16,17)18/h4-6H,7-8H2,1-3H3. The molecule has 0 N–H and O–H groups in total. The van der Waals surface area contributed by atoms with Gasteiger partial charge in [0, 0.05) is 29.1 Å². The van der Waals surface area contributed by atoms with Crippen LogP contribution in [0.2, 0.25) is 0 Å². The van der Waals surface area contributed by atoms with E-state index in [2.05, 4.69) is 19.9 Å². The van der Waals surface area contributed by atoms with Crippen LogP contribution < -0.4 is 9.47 Å². The molecule has 2 aromatic heterocycles. The minimum atomic E-state index is -4.40. The Morgan fingerprint density at radius 1 is 1.04 bits per heavy atom. The predicted octanol–water partition coefficient (Wildman–Crippen LogP) is 3.32. The highest BCUT2D eigenvalue weighted by Crippen LogP contribution is 2.22. The molecular formula is C15H16F3N3O2. The molecule has 0 saturated carbocycles. The van der Waals surface area contributed by atoms with Crippen molar-refractivity contribution in [3.63, 3.8) is 0 Å². The summed E-state index contributed by atoms with van der Waals surface area (Å²) in [5.41, 5.74) is 3.12. The van der Waals surface area contributed by atoms with Crippen molar-refractivity contribution in [2.75, 3.05) is 6.61 Å². The third-order valence-corrected chi connectivity index (χ3v) is 3.05. The first-order valence-corrected chi connectivity index (χ1v) is 6.84. The molecule has 8 heteroatoms. The second kappa shape index (κ2) is 6.80. The maximum Gasteiger partial charge on any atom is 0.422 e. The molecule has 0 amide bonds. The van der Waals surface area contributed by atoms with E-state index in [1.807, 2.05) is 26.8 Å². The molecule has 0 aliphatic heterocycles. The highest BCUT2D eigenvalue weighted by Gasteiger charge is 2.28. The molecule has 0 atom stereocenters. The summed E-state index contributed by atoms with van der Waals surface area (Å²) in [6, 6.07) is 4.65. The Morgan fingerprint density at radius 2 is 1.78 bits per heavy atom. The lowest BCUT2D eigenvalue weighted by Crippen LogP contribution is -2.19. The SMILES string of the molecule is Cc1cc(OCc2ccc(OCC(F)(F)F)nn2)c(C)c(C)n1. The smallest absolute Gasteiger partial charge is 0.422 e. The number of aryl methyl sites for hydroxylation is 2. The van der Waals surface area contributed by atoms with Crippen molar-refractivity contribution in [2.45, 2.75) is 33.6 Å². The van der Waals surface area contributed by atoms with E-state index in [9.17, 15) is 13.2 Å². The molecule has 0 aromatic carbocycles. The Kier molecular flexibility index (Phi) is 5.02. The lowest BCUT2D eigenvalue weighted by atomic mass is 10.2. The van der Waals surface area contributed by atoms with Crippen molar-refractivity contribution in [1.29, 1.82) is 0 Å². The first kappa shape index (κ1) is 17.0. The summed E-state index contributed by atoms with van der Waals surface area (Å²) in [4.78, 5) is 4.32. The van der Waals surface area contributed by atoms with Gasteiger partial charge in [-0.05, 0) is 26.8 Å². The highest BCUT2D eigenvalue weighted by atomic mass is 19.4. The Labute approximate surface area is 131 Å². The van der Waals surface area contributed by atoms with Gasteiger partial charge in [0.15, 0.2) is 6.61 Å². The van der Waals surface area contributed by atoms with Crippen LogP contribution in [-0.4, -0.2) is 28.0 Å². The van der Waals surface area contributed by atoms with E-state index < -0.39 is 12.8 Å². The minimum absolute atomic E-state index is 0.149. The van der Waals surface area contributed by atoms with Crippen LogP contribution in [0.5, 0.6) is 11.6 Å².